The van der Waals surface area contributed by atoms with E-state index in [0.717, 1.165) is 35.3 Å². The van der Waals surface area contributed by atoms with Crippen molar-refractivity contribution in [3.63, 3.8) is 0 Å². The maximum absolute atomic E-state index is 11.0. The Labute approximate surface area is 159 Å². The third-order valence-electron chi connectivity index (χ3n) is 5.61. The highest BCUT2D eigenvalue weighted by Crippen LogP contribution is 2.38. The van der Waals surface area contributed by atoms with E-state index in [2.05, 4.69) is 18.4 Å². The molecular formula is C22H28O3S. The van der Waals surface area contributed by atoms with Gasteiger partial charge in [0.1, 0.15) is 4.88 Å². The second-order valence-electron chi connectivity index (χ2n) is 7.56. The standard InChI is InChI=1S/C22H28O3S/c1-15-14-20(23)19(12-10-16-6-3-2-4-7-16)18(15)9-5-8-17-11-13-21(26-17)22(24)25/h10-11,13,16,18,20,23H,1-9,14H2,(H,24,25). The molecule has 0 amide bonds. The first-order valence-electron chi connectivity index (χ1n) is 9.69. The van der Waals surface area contributed by atoms with Crippen molar-refractivity contribution in [2.75, 3.05) is 0 Å². The minimum absolute atomic E-state index is 0.212. The van der Waals surface area contributed by atoms with Gasteiger partial charge in [-0.25, -0.2) is 4.79 Å². The largest absolute Gasteiger partial charge is 0.477 e. The quantitative estimate of drug-likeness (QED) is 0.521. The van der Waals surface area contributed by atoms with Crippen LogP contribution >= 0.6 is 11.3 Å². The fourth-order valence-corrected chi connectivity index (χ4v) is 5.02. The van der Waals surface area contributed by atoms with Crippen LogP contribution in [-0.4, -0.2) is 22.3 Å². The molecule has 2 unspecified atom stereocenters. The molecule has 1 heterocycles. The number of carboxylic acids is 1. The van der Waals surface area contributed by atoms with Crippen LogP contribution in [0.5, 0.6) is 0 Å². The predicted octanol–water partition coefficient (Wildman–Crippen LogP) is 5.37. The van der Waals surface area contributed by atoms with E-state index in [0.29, 0.717) is 17.2 Å². The molecule has 3 rings (SSSR count). The van der Waals surface area contributed by atoms with Crippen LogP contribution in [0.15, 0.2) is 41.7 Å². The summed E-state index contributed by atoms with van der Waals surface area (Å²) in [6.07, 6.45) is 11.6. The van der Waals surface area contributed by atoms with E-state index in [9.17, 15) is 9.90 Å². The molecule has 0 radical (unpaired) electrons. The van der Waals surface area contributed by atoms with Gasteiger partial charge in [0.25, 0.3) is 0 Å². The van der Waals surface area contributed by atoms with Crippen molar-refractivity contribution in [1.29, 1.82) is 0 Å². The van der Waals surface area contributed by atoms with E-state index in [1.165, 1.54) is 43.4 Å². The Hall–Kier alpha value is -1.61. The molecule has 2 aliphatic carbocycles. The Balaban J connectivity index is 1.61. The molecule has 4 heteroatoms. The molecule has 0 aromatic carbocycles. The fourth-order valence-electron chi connectivity index (χ4n) is 4.13. The van der Waals surface area contributed by atoms with Crippen LogP contribution in [0.2, 0.25) is 0 Å². The normalized spacial score (nSPS) is 23.9. The molecule has 2 N–H and O–H groups in total. The second kappa shape index (κ2) is 8.85. The zero-order valence-corrected chi connectivity index (χ0v) is 16.1. The molecule has 0 saturated heterocycles. The first-order valence-corrected chi connectivity index (χ1v) is 10.5. The van der Waals surface area contributed by atoms with Crippen molar-refractivity contribution in [3.8, 4) is 0 Å². The Morgan fingerprint density at radius 3 is 2.77 bits per heavy atom. The summed E-state index contributed by atoms with van der Waals surface area (Å²) in [5.41, 5.74) is 5.57. The zero-order chi connectivity index (χ0) is 18.5. The molecule has 1 aromatic heterocycles. The number of carboxylic acid groups (broad SMARTS) is 1. The number of carbonyl (C=O) groups is 1. The number of aliphatic hydroxyl groups is 1. The van der Waals surface area contributed by atoms with Gasteiger partial charge in [-0.1, -0.05) is 31.4 Å². The van der Waals surface area contributed by atoms with E-state index in [4.69, 9.17) is 5.11 Å². The van der Waals surface area contributed by atoms with Gasteiger partial charge < -0.3 is 10.2 Å². The first-order chi connectivity index (χ1) is 12.5. The highest BCUT2D eigenvalue weighted by molar-refractivity contribution is 7.13. The van der Waals surface area contributed by atoms with Crippen molar-refractivity contribution < 1.29 is 15.0 Å². The van der Waals surface area contributed by atoms with Gasteiger partial charge in [0, 0.05) is 16.4 Å². The molecule has 2 atom stereocenters. The van der Waals surface area contributed by atoms with Gasteiger partial charge in [0.05, 0.1) is 6.10 Å². The van der Waals surface area contributed by atoms with Crippen LogP contribution in [0, 0.1) is 11.8 Å². The lowest BCUT2D eigenvalue weighted by atomic mass is 9.88. The average molecular weight is 373 g/mol. The lowest BCUT2D eigenvalue weighted by Crippen LogP contribution is -2.07. The fraction of sp³-hybridized carbons (Fsp3) is 0.545. The van der Waals surface area contributed by atoms with E-state index >= 15 is 0 Å². The van der Waals surface area contributed by atoms with Crippen molar-refractivity contribution in [2.45, 2.75) is 63.9 Å². The molecule has 0 bridgehead atoms. The molecule has 26 heavy (non-hydrogen) atoms. The van der Waals surface area contributed by atoms with E-state index in [-0.39, 0.29) is 5.92 Å². The number of aliphatic hydroxyl groups excluding tert-OH is 1. The maximum atomic E-state index is 11.0. The summed E-state index contributed by atoms with van der Waals surface area (Å²) in [7, 11) is 0. The van der Waals surface area contributed by atoms with Crippen LogP contribution in [0.3, 0.4) is 0 Å². The smallest absolute Gasteiger partial charge is 0.345 e. The summed E-state index contributed by atoms with van der Waals surface area (Å²) >= 11 is 1.35. The van der Waals surface area contributed by atoms with Crippen molar-refractivity contribution in [1.82, 2.24) is 0 Å². The predicted molar refractivity (Wildman–Crippen MR) is 106 cm³/mol. The van der Waals surface area contributed by atoms with E-state index in [1.807, 2.05) is 6.07 Å². The van der Waals surface area contributed by atoms with Gasteiger partial charge in [0.15, 0.2) is 0 Å². The van der Waals surface area contributed by atoms with Gasteiger partial charge in [-0.05, 0) is 62.7 Å². The molecule has 2 fully saturated rings. The lowest BCUT2D eigenvalue weighted by molar-refractivity contribution is 0.0702. The number of hydrogen-bond donors (Lipinski definition) is 2. The van der Waals surface area contributed by atoms with Crippen LogP contribution < -0.4 is 0 Å². The topological polar surface area (TPSA) is 57.5 Å². The monoisotopic (exact) mass is 372 g/mol. The molecular weight excluding hydrogens is 344 g/mol. The Kier molecular flexibility index (Phi) is 6.53. The average Bonchev–Trinajstić information content (AvgIpc) is 3.19. The number of aryl methyl sites for hydroxylation is 1. The number of hydrogen-bond acceptors (Lipinski definition) is 3. The van der Waals surface area contributed by atoms with Crippen LogP contribution in [0.1, 0.15) is 65.9 Å². The third kappa shape index (κ3) is 4.76. The Bertz CT molecular complexity index is 718. The summed E-state index contributed by atoms with van der Waals surface area (Å²) < 4.78 is 0. The minimum atomic E-state index is -0.855. The lowest BCUT2D eigenvalue weighted by Gasteiger charge is -2.17. The number of thiophene rings is 1. The molecule has 1 aromatic rings. The first kappa shape index (κ1) is 19.2. The molecule has 3 nitrogen and oxygen atoms in total. The molecule has 2 saturated carbocycles. The Morgan fingerprint density at radius 1 is 1.31 bits per heavy atom. The van der Waals surface area contributed by atoms with Crippen molar-refractivity contribution in [3.05, 3.63) is 51.4 Å². The van der Waals surface area contributed by atoms with Crippen LogP contribution in [0.25, 0.3) is 0 Å². The minimum Gasteiger partial charge on any atom is -0.477 e. The van der Waals surface area contributed by atoms with Gasteiger partial charge in [-0.3, -0.25) is 0 Å². The van der Waals surface area contributed by atoms with E-state index < -0.39 is 12.1 Å². The van der Waals surface area contributed by atoms with E-state index in [1.54, 1.807) is 6.07 Å². The summed E-state index contributed by atoms with van der Waals surface area (Å²) in [5.74, 6) is -0.0334. The maximum Gasteiger partial charge on any atom is 0.345 e. The van der Waals surface area contributed by atoms with Crippen molar-refractivity contribution in [2.24, 2.45) is 11.8 Å². The Morgan fingerprint density at radius 2 is 2.08 bits per heavy atom. The van der Waals surface area contributed by atoms with Gasteiger partial charge in [-0.15, -0.1) is 17.1 Å². The SMILES string of the molecule is C=C1CC(O)C(=C=CC2CCCCC2)C1CCCc1ccc(C(=O)O)s1. The molecule has 140 valence electrons. The van der Waals surface area contributed by atoms with Gasteiger partial charge >= 0.3 is 5.97 Å². The van der Waals surface area contributed by atoms with Crippen molar-refractivity contribution >= 4 is 17.3 Å². The van der Waals surface area contributed by atoms with Gasteiger partial charge in [-0.2, -0.15) is 0 Å². The zero-order valence-electron chi connectivity index (χ0n) is 15.2. The van der Waals surface area contributed by atoms with Crippen LogP contribution in [-0.2, 0) is 6.42 Å². The highest BCUT2D eigenvalue weighted by atomic mass is 32.1. The molecule has 0 aliphatic heterocycles. The summed E-state index contributed by atoms with van der Waals surface area (Å²) in [5, 5.41) is 19.4. The molecule has 2 aliphatic rings. The summed E-state index contributed by atoms with van der Waals surface area (Å²) in [6.45, 7) is 4.17. The highest BCUT2D eigenvalue weighted by Gasteiger charge is 2.31. The molecule has 0 spiro atoms. The third-order valence-corrected chi connectivity index (χ3v) is 6.74. The summed E-state index contributed by atoms with van der Waals surface area (Å²) in [4.78, 5) is 12.5. The van der Waals surface area contributed by atoms with Gasteiger partial charge in [0.2, 0.25) is 0 Å². The number of rotatable bonds is 6. The number of aromatic carboxylic acids is 1. The summed E-state index contributed by atoms with van der Waals surface area (Å²) in [6, 6.07) is 3.59. The second-order valence-corrected chi connectivity index (χ2v) is 8.73. The van der Waals surface area contributed by atoms with Crippen LogP contribution in [0.4, 0.5) is 0 Å².